The van der Waals surface area contributed by atoms with Crippen LogP contribution in [0.5, 0.6) is 0 Å². The molecule has 0 amide bonds. The van der Waals surface area contributed by atoms with Crippen LogP contribution in [0, 0.1) is 0 Å². The summed E-state index contributed by atoms with van der Waals surface area (Å²) in [5, 5.41) is 6.69. The van der Waals surface area contributed by atoms with Crippen molar-refractivity contribution in [1.82, 2.24) is 4.57 Å². The third-order valence-electron chi connectivity index (χ3n) is 14.5. The van der Waals surface area contributed by atoms with Gasteiger partial charge in [-0.2, -0.15) is 0 Å². The molecule has 3 heteroatoms. The zero-order valence-corrected chi connectivity index (χ0v) is 37.9. The molecule has 1 N–H and O–H groups in total. The molecule has 2 nitrogen and oxygen atoms in total. The number of anilines is 2. The van der Waals surface area contributed by atoms with Crippen LogP contribution in [-0.4, -0.2) is 11.8 Å². The van der Waals surface area contributed by atoms with Crippen molar-refractivity contribution in [2.24, 2.45) is 0 Å². The van der Waals surface area contributed by atoms with Crippen molar-refractivity contribution >= 4 is 51.4 Å². The molecule has 0 radical (unpaired) electrons. The highest BCUT2D eigenvalue weighted by atomic mass is 15.0. The lowest BCUT2D eigenvalue weighted by molar-refractivity contribution is 0.660. The van der Waals surface area contributed by atoms with Gasteiger partial charge in [0.25, 0.3) is 0 Å². The second kappa shape index (κ2) is 16.5. The van der Waals surface area contributed by atoms with E-state index in [4.69, 9.17) is 0 Å². The highest BCUT2D eigenvalue weighted by molar-refractivity contribution is 6.73. The van der Waals surface area contributed by atoms with Crippen molar-refractivity contribution in [1.29, 1.82) is 0 Å². The number of aryl methyl sites for hydroxylation is 2. The monoisotopic (exact) mass is 828 g/mol. The number of hydrogen-bond acceptors (Lipinski definition) is 1. The zero-order valence-electron chi connectivity index (χ0n) is 37.9. The SMILES string of the molecule is CCCCCc1ccc(Nc2cc3c(cc2-c2cc(-c4ccccc4-c4ccccc4)c4c5ccccc5n5c4c2Bc2cc(CCCCC)ccc2-5)-c2ccccc2C3(C)C)cc1. The minimum Gasteiger partial charge on any atom is -0.355 e. The van der Waals surface area contributed by atoms with Crippen LogP contribution in [0.2, 0.25) is 0 Å². The molecule has 11 rings (SSSR count). The van der Waals surface area contributed by atoms with Crippen LogP contribution in [-0.2, 0) is 18.3 Å². The molecule has 0 unspecified atom stereocenters. The normalized spacial score (nSPS) is 13.1. The van der Waals surface area contributed by atoms with Gasteiger partial charge >= 0.3 is 0 Å². The molecule has 0 atom stereocenters. The van der Waals surface area contributed by atoms with E-state index < -0.39 is 0 Å². The van der Waals surface area contributed by atoms with Gasteiger partial charge in [-0.15, -0.1) is 0 Å². The molecular weight excluding hydrogens is 771 g/mol. The summed E-state index contributed by atoms with van der Waals surface area (Å²) in [4.78, 5) is 0. The molecule has 2 aliphatic rings. The number of fused-ring (bicyclic) bond motifs is 8. The quantitative estimate of drug-likeness (QED) is 0.0905. The van der Waals surface area contributed by atoms with Crippen molar-refractivity contribution < 1.29 is 0 Å². The highest BCUT2D eigenvalue weighted by Crippen LogP contribution is 2.53. The average Bonchev–Trinajstić information content (AvgIpc) is 3.79. The Bertz CT molecular complexity index is 3210. The Morgan fingerprint density at radius 2 is 1.17 bits per heavy atom. The zero-order chi connectivity index (χ0) is 43.4. The van der Waals surface area contributed by atoms with Crippen LogP contribution in [0.1, 0.15) is 88.5 Å². The second-order valence-corrected chi connectivity index (χ2v) is 18.9. The fourth-order valence-corrected chi connectivity index (χ4v) is 11.2. The summed E-state index contributed by atoms with van der Waals surface area (Å²) in [6.45, 7) is 9.37. The lowest BCUT2D eigenvalue weighted by Crippen LogP contribution is -2.37. The first-order chi connectivity index (χ1) is 31.4. The molecule has 64 heavy (non-hydrogen) atoms. The smallest absolute Gasteiger partial charge is 0.198 e. The third kappa shape index (κ3) is 6.80. The van der Waals surface area contributed by atoms with Crippen molar-refractivity contribution in [2.45, 2.75) is 84.5 Å². The maximum atomic E-state index is 4.06. The number of nitrogens with one attached hydrogen (secondary N) is 1. The summed E-state index contributed by atoms with van der Waals surface area (Å²) < 4.78 is 2.61. The standard InChI is InChI=1S/C61H57BN2/c1-5-7-10-20-40-30-33-43(34-31-40)63-55-39-53-48(46-26-16-18-28-52(46)61(53,3)4)37-49(55)51-38-50(45-25-15-14-24-44(45)42-22-12-9-13-23-42)58-47-27-17-19-29-56(47)64-57-35-32-41(21-11-8-6-2)36-54(57)62-59(51)60(58)64/h9,12-19,22-39,62-63H,5-8,10-11,20-21H2,1-4H3. The first-order valence-electron chi connectivity index (χ1n) is 23.9. The molecule has 314 valence electrons. The van der Waals surface area contributed by atoms with E-state index in [-0.39, 0.29) is 5.41 Å². The van der Waals surface area contributed by atoms with E-state index in [0.29, 0.717) is 0 Å². The number of hydrogen-bond donors (Lipinski definition) is 1. The summed E-state index contributed by atoms with van der Waals surface area (Å²) >= 11 is 0. The van der Waals surface area contributed by atoms with Gasteiger partial charge in [-0.25, -0.2) is 0 Å². The largest absolute Gasteiger partial charge is 0.355 e. The van der Waals surface area contributed by atoms with Crippen LogP contribution in [0.4, 0.5) is 11.4 Å². The molecule has 0 saturated carbocycles. The first-order valence-corrected chi connectivity index (χ1v) is 23.9. The van der Waals surface area contributed by atoms with Crippen LogP contribution in [0.3, 0.4) is 0 Å². The van der Waals surface area contributed by atoms with Crippen LogP contribution in [0.25, 0.3) is 72.0 Å². The minimum absolute atomic E-state index is 0.137. The van der Waals surface area contributed by atoms with Gasteiger partial charge < -0.3 is 9.88 Å². The molecule has 8 aromatic carbocycles. The Labute approximate surface area is 380 Å². The second-order valence-electron chi connectivity index (χ2n) is 18.9. The van der Waals surface area contributed by atoms with Crippen LogP contribution in [0.15, 0.2) is 164 Å². The summed E-state index contributed by atoms with van der Waals surface area (Å²) in [6, 6.07) is 62.4. The first kappa shape index (κ1) is 40.2. The summed E-state index contributed by atoms with van der Waals surface area (Å²) in [5.41, 5.74) is 24.6. The fourth-order valence-electron chi connectivity index (χ4n) is 11.2. The van der Waals surface area contributed by atoms with Gasteiger partial charge in [0, 0.05) is 44.3 Å². The van der Waals surface area contributed by atoms with E-state index in [9.17, 15) is 0 Å². The van der Waals surface area contributed by atoms with Gasteiger partial charge in [-0.3, -0.25) is 0 Å². The Hall–Kier alpha value is -6.58. The van der Waals surface area contributed by atoms with Crippen molar-refractivity contribution in [3.05, 3.63) is 186 Å². The van der Waals surface area contributed by atoms with Gasteiger partial charge in [0.15, 0.2) is 7.28 Å². The summed E-state index contributed by atoms with van der Waals surface area (Å²) in [7, 11) is 0.866. The molecule has 1 aromatic heterocycles. The maximum absolute atomic E-state index is 4.06. The number of unbranched alkanes of at least 4 members (excludes halogenated alkanes) is 4. The molecule has 0 spiro atoms. The fraction of sp³-hybridized carbons (Fsp3) is 0.213. The lowest BCUT2D eigenvalue weighted by atomic mass is 9.58. The predicted octanol–water partition coefficient (Wildman–Crippen LogP) is 15.0. The van der Waals surface area contributed by atoms with E-state index in [0.717, 1.165) is 31.5 Å². The van der Waals surface area contributed by atoms with E-state index in [1.807, 2.05) is 0 Å². The number of para-hydroxylation sites is 1. The maximum Gasteiger partial charge on any atom is 0.198 e. The van der Waals surface area contributed by atoms with Crippen LogP contribution >= 0.6 is 0 Å². The van der Waals surface area contributed by atoms with Gasteiger partial charge in [0.1, 0.15) is 0 Å². The Kier molecular flexibility index (Phi) is 10.4. The predicted molar refractivity (Wildman–Crippen MR) is 277 cm³/mol. The number of nitrogens with zero attached hydrogens (tertiary/aromatic N) is 1. The lowest BCUT2D eigenvalue weighted by Gasteiger charge is -2.27. The van der Waals surface area contributed by atoms with Crippen molar-refractivity contribution in [3.63, 3.8) is 0 Å². The van der Waals surface area contributed by atoms with Gasteiger partial charge in [-0.05, 0) is 135 Å². The molecule has 0 saturated heterocycles. The van der Waals surface area contributed by atoms with Crippen LogP contribution < -0.4 is 16.2 Å². The van der Waals surface area contributed by atoms with Crippen molar-refractivity contribution in [3.8, 4) is 50.2 Å². The number of aromatic nitrogens is 1. The number of rotatable bonds is 13. The Morgan fingerprint density at radius 1 is 0.516 bits per heavy atom. The molecular formula is C61H57BN2. The highest BCUT2D eigenvalue weighted by Gasteiger charge is 2.37. The van der Waals surface area contributed by atoms with E-state index in [2.05, 4.69) is 201 Å². The third-order valence-corrected chi connectivity index (χ3v) is 14.5. The number of benzene rings is 8. The molecule has 1 aliphatic heterocycles. The topological polar surface area (TPSA) is 17.0 Å². The van der Waals surface area contributed by atoms with E-state index >= 15 is 0 Å². The van der Waals surface area contributed by atoms with E-state index in [1.165, 1.54) is 144 Å². The van der Waals surface area contributed by atoms with Gasteiger partial charge in [0.05, 0.1) is 5.52 Å². The van der Waals surface area contributed by atoms with Crippen molar-refractivity contribution in [2.75, 3.05) is 5.32 Å². The Morgan fingerprint density at radius 3 is 1.95 bits per heavy atom. The van der Waals surface area contributed by atoms with Gasteiger partial charge in [0.2, 0.25) is 0 Å². The summed E-state index contributed by atoms with van der Waals surface area (Å²) in [6.07, 6.45) is 9.68. The molecule has 0 bridgehead atoms. The minimum atomic E-state index is -0.137. The average molecular weight is 829 g/mol. The molecule has 9 aromatic rings. The summed E-state index contributed by atoms with van der Waals surface area (Å²) in [5.74, 6) is 0. The molecule has 0 fully saturated rings. The molecule has 2 heterocycles. The van der Waals surface area contributed by atoms with Gasteiger partial charge in [-0.1, -0.05) is 180 Å². The Balaban J connectivity index is 1.21. The van der Waals surface area contributed by atoms with E-state index in [1.54, 1.807) is 0 Å². The molecule has 1 aliphatic carbocycles.